The Bertz CT molecular complexity index is 1150. The molecule has 1 aliphatic rings. The van der Waals surface area contributed by atoms with Crippen LogP contribution in [0.1, 0.15) is 41.6 Å². The lowest BCUT2D eigenvalue weighted by molar-refractivity contribution is 0.0601. The van der Waals surface area contributed by atoms with Gasteiger partial charge in [-0.2, -0.15) is 0 Å². The molecule has 0 atom stereocenters. The van der Waals surface area contributed by atoms with Gasteiger partial charge in [0.15, 0.2) is 0 Å². The molecule has 0 saturated carbocycles. The lowest BCUT2D eigenvalue weighted by atomic mass is 10.1. The van der Waals surface area contributed by atoms with Crippen molar-refractivity contribution in [3.8, 4) is 5.75 Å². The first-order chi connectivity index (χ1) is 15.1. The summed E-state index contributed by atoms with van der Waals surface area (Å²) in [5, 5.41) is 0.481. The summed E-state index contributed by atoms with van der Waals surface area (Å²) < 4.78 is 11.9. The number of anilines is 1. The van der Waals surface area contributed by atoms with Gasteiger partial charge in [0.25, 0.3) is 5.56 Å². The van der Waals surface area contributed by atoms with Crippen LogP contribution in [-0.4, -0.2) is 42.8 Å². The molecule has 0 aliphatic carbocycles. The molecule has 0 bridgehead atoms. The van der Waals surface area contributed by atoms with Gasteiger partial charge in [0.05, 0.1) is 37.2 Å². The minimum absolute atomic E-state index is 0.122. The number of aromatic nitrogens is 2. The molecular formula is C24H27N3O4. The van der Waals surface area contributed by atoms with Crippen molar-refractivity contribution in [2.75, 3.05) is 32.2 Å². The number of ether oxygens (including phenoxy) is 2. The van der Waals surface area contributed by atoms with Gasteiger partial charge in [-0.15, -0.1) is 0 Å². The van der Waals surface area contributed by atoms with Crippen molar-refractivity contribution >= 4 is 22.8 Å². The summed E-state index contributed by atoms with van der Waals surface area (Å²) in [4.78, 5) is 32.6. The number of nitrogens with zero attached hydrogens (tertiary/aromatic N) is 3. The minimum atomic E-state index is -0.444. The van der Waals surface area contributed by atoms with E-state index >= 15 is 0 Å². The largest absolute Gasteiger partial charge is 0.497 e. The van der Waals surface area contributed by atoms with Crippen LogP contribution >= 0.6 is 0 Å². The Kier molecular flexibility index (Phi) is 6.21. The maximum Gasteiger partial charge on any atom is 0.337 e. The number of hydrogen-bond acceptors (Lipinski definition) is 6. The van der Waals surface area contributed by atoms with Crippen LogP contribution in [0.3, 0.4) is 0 Å². The minimum Gasteiger partial charge on any atom is -0.497 e. The monoisotopic (exact) mass is 421 g/mol. The lowest BCUT2D eigenvalue weighted by Crippen LogP contribution is -2.34. The highest BCUT2D eigenvalue weighted by molar-refractivity contribution is 5.94. The number of hydrogen-bond donors (Lipinski definition) is 0. The first-order valence-corrected chi connectivity index (χ1v) is 10.6. The second-order valence-corrected chi connectivity index (χ2v) is 7.78. The summed E-state index contributed by atoms with van der Waals surface area (Å²) in [6, 6.07) is 12.6. The average molecular weight is 421 g/mol. The van der Waals surface area contributed by atoms with E-state index in [4.69, 9.17) is 14.5 Å². The van der Waals surface area contributed by atoms with Gasteiger partial charge in [0.1, 0.15) is 5.75 Å². The van der Waals surface area contributed by atoms with Crippen LogP contribution in [0.5, 0.6) is 5.75 Å². The topological polar surface area (TPSA) is 73.7 Å². The highest BCUT2D eigenvalue weighted by atomic mass is 16.5. The standard InChI is InChI=1S/C24H27N3O4/c1-30-19-9-7-8-17(14-19)16-27-22(28)20-11-10-18(23(29)31-2)15-21(20)25-24(27)26-12-5-3-4-6-13-26/h7-11,14-15H,3-6,12-13,16H2,1-2H3. The molecule has 4 rings (SSSR count). The zero-order valence-corrected chi connectivity index (χ0v) is 18.0. The van der Waals surface area contributed by atoms with Crippen molar-refractivity contribution < 1.29 is 14.3 Å². The van der Waals surface area contributed by atoms with E-state index in [0.29, 0.717) is 29.0 Å². The third-order valence-corrected chi connectivity index (χ3v) is 5.72. The fraction of sp³-hybridized carbons (Fsp3) is 0.375. The molecule has 0 amide bonds. The molecule has 0 spiro atoms. The second-order valence-electron chi connectivity index (χ2n) is 7.78. The van der Waals surface area contributed by atoms with Gasteiger partial charge in [-0.25, -0.2) is 9.78 Å². The summed E-state index contributed by atoms with van der Waals surface area (Å²) in [6.45, 7) is 2.10. The van der Waals surface area contributed by atoms with Crippen LogP contribution in [0.25, 0.3) is 10.9 Å². The highest BCUT2D eigenvalue weighted by Gasteiger charge is 2.20. The van der Waals surface area contributed by atoms with Gasteiger partial charge >= 0.3 is 5.97 Å². The zero-order valence-electron chi connectivity index (χ0n) is 18.0. The molecule has 0 N–H and O–H groups in total. The summed E-state index contributed by atoms with van der Waals surface area (Å²) in [7, 11) is 2.97. The predicted molar refractivity (Wildman–Crippen MR) is 120 cm³/mol. The number of esters is 1. The normalized spacial score (nSPS) is 14.3. The molecule has 1 aliphatic heterocycles. The highest BCUT2D eigenvalue weighted by Crippen LogP contribution is 2.22. The Morgan fingerprint density at radius 3 is 2.52 bits per heavy atom. The molecule has 2 heterocycles. The fourth-order valence-corrected chi connectivity index (χ4v) is 4.06. The SMILES string of the molecule is COC(=O)c1ccc2c(=O)n(Cc3cccc(OC)c3)c(N3CCCCCC3)nc2c1. The number of carbonyl (C=O) groups is 1. The van der Waals surface area contributed by atoms with Crippen molar-refractivity contribution in [2.45, 2.75) is 32.2 Å². The molecular weight excluding hydrogens is 394 g/mol. The summed E-state index contributed by atoms with van der Waals surface area (Å²) >= 11 is 0. The van der Waals surface area contributed by atoms with Crippen molar-refractivity contribution in [3.63, 3.8) is 0 Å². The smallest absolute Gasteiger partial charge is 0.337 e. The number of fused-ring (bicyclic) bond motifs is 1. The van der Waals surface area contributed by atoms with E-state index in [-0.39, 0.29) is 5.56 Å². The maximum absolute atomic E-state index is 13.5. The first kappa shape index (κ1) is 20.9. The van der Waals surface area contributed by atoms with Crippen molar-refractivity contribution in [2.24, 2.45) is 0 Å². The van der Waals surface area contributed by atoms with E-state index in [1.54, 1.807) is 29.9 Å². The Hall–Kier alpha value is -3.35. The Labute approximate surface area is 181 Å². The molecule has 162 valence electrons. The van der Waals surface area contributed by atoms with Crippen LogP contribution in [-0.2, 0) is 11.3 Å². The van der Waals surface area contributed by atoms with E-state index in [1.165, 1.54) is 20.0 Å². The van der Waals surface area contributed by atoms with E-state index in [2.05, 4.69) is 4.90 Å². The third kappa shape index (κ3) is 4.40. The molecule has 7 heteroatoms. The second kappa shape index (κ2) is 9.20. The van der Waals surface area contributed by atoms with Crippen LogP contribution in [0.4, 0.5) is 5.95 Å². The van der Waals surface area contributed by atoms with Gasteiger partial charge < -0.3 is 14.4 Å². The predicted octanol–water partition coefficient (Wildman–Crippen LogP) is 3.62. The van der Waals surface area contributed by atoms with Gasteiger partial charge in [0.2, 0.25) is 5.95 Å². The Morgan fingerprint density at radius 2 is 1.81 bits per heavy atom. The molecule has 3 aromatic rings. The molecule has 31 heavy (non-hydrogen) atoms. The van der Waals surface area contributed by atoms with Gasteiger partial charge in [-0.05, 0) is 48.7 Å². The number of carbonyl (C=O) groups excluding carboxylic acids is 1. The molecule has 1 saturated heterocycles. The fourth-order valence-electron chi connectivity index (χ4n) is 4.06. The molecule has 0 radical (unpaired) electrons. The zero-order chi connectivity index (χ0) is 21.8. The van der Waals surface area contributed by atoms with Gasteiger partial charge in [0, 0.05) is 13.1 Å². The number of rotatable bonds is 5. The summed E-state index contributed by atoms with van der Waals surface area (Å²) in [5.41, 5.74) is 1.73. The number of benzene rings is 2. The van der Waals surface area contributed by atoms with Crippen LogP contribution in [0, 0.1) is 0 Å². The molecule has 1 fully saturated rings. The van der Waals surface area contributed by atoms with Gasteiger partial charge in [-0.3, -0.25) is 9.36 Å². The van der Waals surface area contributed by atoms with Crippen LogP contribution in [0.15, 0.2) is 47.3 Å². The average Bonchev–Trinajstić information content (AvgIpc) is 3.09. The Balaban J connectivity index is 1.86. The maximum atomic E-state index is 13.5. The first-order valence-electron chi connectivity index (χ1n) is 10.6. The molecule has 7 nitrogen and oxygen atoms in total. The van der Waals surface area contributed by atoms with Crippen molar-refractivity contribution in [1.82, 2.24) is 9.55 Å². The summed E-state index contributed by atoms with van der Waals surface area (Å²) in [6.07, 6.45) is 4.48. The van der Waals surface area contributed by atoms with Crippen LogP contribution < -0.4 is 15.2 Å². The molecule has 2 aromatic carbocycles. The van der Waals surface area contributed by atoms with E-state index in [0.717, 1.165) is 37.2 Å². The summed E-state index contributed by atoms with van der Waals surface area (Å²) in [5.74, 6) is 0.947. The van der Waals surface area contributed by atoms with Crippen LogP contribution in [0.2, 0.25) is 0 Å². The van der Waals surface area contributed by atoms with E-state index < -0.39 is 5.97 Å². The van der Waals surface area contributed by atoms with E-state index in [1.807, 2.05) is 24.3 Å². The van der Waals surface area contributed by atoms with Crippen molar-refractivity contribution in [1.29, 1.82) is 0 Å². The lowest BCUT2D eigenvalue weighted by Gasteiger charge is -2.25. The third-order valence-electron chi connectivity index (χ3n) is 5.72. The Morgan fingerprint density at radius 1 is 1.03 bits per heavy atom. The molecule has 1 aromatic heterocycles. The number of methoxy groups -OCH3 is 2. The van der Waals surface area contributed by atoms with Gasteiger partial charge in [-0.1, -0.05) is 25.0 Å². The van der Waals surface area contributed by atoms with Crippen molar-refractivity contribution in [3.05, 3.63) is 63.9 Å². The molecule has 0 unspecified atom stereocenters. The van der Waals surface area contributed by atoms with E-state index in [9.17, 15) is 9.59 Å². The quantitative estimate of drug-likeness (QED) is 0.586.